The minimum atomic E-state index is -1.72. The number of hydrogen-bond donors (Lipinski definition) is 1. The van der Waals surface area contributed by atoms with Crippen LogP contribution in [0.1, 0.15) is 69.7 Å². The molecule has 0 aliphatic carbocycles. The molecule has 0 fully saturated rings. The molecule has 0 heterocycles. The van der Waals surface area contributed by atoms with Gasteiger partial charge in [0.2, 0.25) is 0 Å². The summed E-state index contributed by atoms with van der Waals surface area (Å²) in [6, 6.07) is 7.83. The molecule has 0 spiro atoms. The number of carbonyl (C=O) groups is 1. The monoisotopic (exact) mass is 324 g/mol. The standard InChI is InChI=1S/C19H33O2P/c1-4-7-14-22(15-8-5-2,16-9-6-3)18-13-11-10-12-17(18)19(20)21/h10-13,22H,4-9,14-16H2,1-3H3,(H,20,21). The molecule has 3 heteroatoms. The van der Waals surface area contributed by atoms with Crippen LogP contribution in [0.15, 0.2) is 24.3 Å². The summed E-state index contributed by atoms with van der Waals surface area (Å²) in [6.07, 6.45) is 11.0. The van der Waals surface area contributed by atoms with E-state index >= 15 is 0 Å². The summed E-state index contributed by atoms with van der Waals surface area (Å²) in [6.45, 7) is 6.71. The fourth-order valence-electron chi connectivity index (χ4n) is 3.46. The van der Waals surface area contributed by atoms with E-state index in [9.17, 15) is 9.90 Å². The van der Waals surface area contributed by atoms with Crippen LogP contribution >= 0.6 is 7.26 Å². The molecule has 0 atom stereocenters. The molecule has 22 heavy (non-hydrogen) atoms. The predicted octanol–water partition coefficient (Wildman–Crippen LogP) is 5.16. The molecule has 0 saturated carbocycles. The van der Waals surface area contributed by atoms with Crippen molar-refractivity contribution in [1.29, 1.82) is 0 Å². The zero-order chi connectivity index (χ0) is 16.4. The van der Waals surface area contributed by atoms with E-state index in [-0.39, 0.29) is 0 Å². The molecule has 0 radical (unpaired) electrons. The van der Waals surface area contributed by atoms with Gasteiger partial charge in [0, 0.05) is 0 Å². The summed E-state index contributed by atoms with van der Waals surface area (Å²) in [4.78, 5) is 11.7. The van der Waals surface area contributed by atoms with Crippen LogP contribution in [0.2, 0.25) is 0 Å². The van der Waals surface area contributed by atoms with Gasteiger partial charge in [0.1, 0.15) is 0 Å². The van der Waals surface area contributed by atoms with Crippen LogP contribution in [0.3, 0.4) is 0 Å². The van der Waals surface area contributed by atoms with Crippen molar-refractivity contribution >= 4 is 18.5 Å². The van der Waals surface area contributed by atoms with Crippen molar-refractivity contribution in [3.8, 4) is 0 Å². The number of carboxylic acid groups (broad SMARTS) is 1. The van der Waals surface area contributed by atoms with Crippen LogP contribution in [0.4, 0.5) is 0 Å². The van der Waals surface area contributed by atoms with Gasteiger partial charge in [-0.1, -0.05) is 0 Å². The van der Waals surface area contributed by atoms with E-state index in [0.717, 1.165) is 0 Å². The first-order valence-corrected chi connectivity index (χ1v) is 11.6. The van der Waals surface area contributed by atoms with Gasteiger partial charge in [-0.2, -0.15) is 0 Å². The normalized spacial score (nSPS) is 12.3. The molecular formula is C19H33O2P. The zero-order valence-corrected chi connectivity index (χ0v) is 15.5. The van der Waals surface area contributed by atoms with Gasteiger partial charge in [0.25, 0.3) is 0 Å². The first kappa shape index (κ1) is 19.2. The Morgan fingerprint density at radius 3 is 1.77 bits per heavy atom. The predicted molar refractivity (Wildman–Crippen MR) is 101 cm³/mol. The maximum absolute atomic E-state index is 11.7. The molecule has 1 aromatic rings. The Morgan fingerprint density at radius 1 is 0.909 bits per heavy atom. The Labute approximate surface area is 136 Å². The Bertz CT molecular complexity index is 435. The van der Waals surface area contributed by atoms with Crippen molar-refractivity contribution in [3.05, 3.63) is 29.8 Å². The van der Waals surface area contributed by atoms with Gasteiger partial charge in [-0.05, 0) is 0 Å². The fraction of sp³-hybridized carbons (Fsp3) is 0.632. The van der Waals surface area contributed by atoms with Crippen LogP contribution < -0.4 is 5.30 Å². The van der Waals surface area contributed by atoms with E-state index in [1.165, 1.54) is 62.3 Å². The molecule has 2 nitrogen and oxygen atoms in total. The van der Waals surface area contributed by atoms with Crippen molar-refractivity contribution in [1.82, 2.24) is 0 Å². The Morgan fingerprint density at radius 2 is 1.36 bits per heavy atom. The molecule has 0 unspecified atom stereocenters. The Balaban J connectivity index is 3.28. The third-order valence-corrected chi connectivity index (χ3v) is 10.3. The van der Waals surface area contributed by atoms with Gasteiger partial charge in [-0.15, -0.1) is 0 Å². The van der Waals surface area contributed by atoms with Gasteiger partial charge >= 0.3 is 136 Å². The summed E-state index contributed by atoms with van der Waals surface area (Å²) in [5.41, 5.74) is 0.567. The van der Waals surface area contributed by atoms with Crippen LogP contribution in [-0.2, 0) is 0 Å². The second-order valence-corrected chi connectivity index (χ2v) is 11.0. The Kier molecular flexibility index (Phi) is 8.71. The van der Waals surface area contributed by atoms with E-state index in [1.807, 2.05) is 18.2 Å². The number of carboxylic acids is 1. The van der Waals surface area contributed by atoms with Gasteiger partial charge < -0.3 is 0 Å². The molecule has 0 aromatic heterocycles. The quantitative estimate of drug-likeness (QED) is 0.571. The molecule has 126 valence electrons. The van der Waals surface area contributed by atoms with Crippen LogP contribution in [0.5, 0.6) is 0 Å². The minimum absolute atomic E-state index is 0.567. The van der Waals surface area contributed by atoms with Crippen molar-refractivity contribution in [3.63, 3.8) is 0 Å². The summed E-state index contributed by atoms with van der Waals surface area (Å²) in [5, 5.41) is 10.8. The third kappa shape index (κ3) is 5.09. The average molecular weight is 324 g/mol. The summed E-state index contributed by atoms with van der Waals surface area (Å²) in [7, 11) is -1.72. The number of hydrogen-bond acceptors (Lipinski definition) is 1. The van der Waals surface area contributed by atoms with Crippen molar-refractivity contribution < 1.29 is 9.90 Å². The van der Waals surface area contributed by atoms with E-state index in [2.05, 4.69) is 26.8 Å². The van der Waals surface area contributed by atoms with Crippen molar-refractivity contribution in [2.45, 2.75) is 59.3 Å². The molecule has 0 aliphatic rings. The molecule has 0 amide bonds. The number of aromatic carboxylic acids is 1. The van der Waals surface area contributed by atoms with Crippen molar-refractivity contribution in [2.75, 3.05) is 18.5 Å². The zero-order valence-electron chi connectivity index (χ0n) is 14.5. The number of rotatable bonds is 11. The van der Waals surface area contributed by atoms with E-state index in [4.69, 9.17) is 0 Å². The third-order valence-electron chi connectivity index (χ3n) is 4.76. The van der Waals surface area contributed by atoms with E-state index in [0.29, 0.717) is 5.56 Å². The first-order chi connectivity index (χ1) is 10.6. The topological polar surface area (TPSA) is 37.3 Å². The molecular weight excluding hydrogens is 291 g/mol. The van der Waals surface area contributed by atoms with Gasteiger partial charge in [0.05, 0.1) is 0 Å². The average Bonchev–Trinajstić information content (AvgIpc) is 2.54. The fourth-order valence-corrected chi connectivity index (χ4v) is 9.32. The van der Waals surface area contributed by atoms with Crippen molar-refractivity contribution in [2.24, 2.45) is 0 Å². The first-order valence-electron chi connectivity index (χ1n) is 8.94. The second-order valence-electron chi connectivity index (χ2n) is 6.44. The molecule has 0 bridgehead atoms. The Hall–Kier alpha value is -0.880. The maximum atomic E-state index is 11.7. The number of benzene rings is 1. The summed E-state index contributed by atoms with van der Waals surface area (Å²) >= 11 is 0. The summed E-state index contributed by atoms with van der Waals surface area (Å²) < 4.78 is 0. The van der Waals surface area contributed by atoms with Gasteiger partial charge in [0.15, 0.2) is 0 Å². The van der Waals surface area contributed by atoms with Crippen LogP contribution in [0, 0.1) is 0 Å². The van der Waals surface area contributed by atoms with Crippen LogP contribution in [-0.4, -0.2) is 29.6 Å². The van der Waals surface area contributed by atoms with Gasteiger partial charge in [-0.3, -0.25) is 0 Å². The van der Waals surface area contributed by atoms with E-state index < -0.39 is 13.2 Å². The number of unbranched alkanes of at least 4 members (excludes halogenated alkanes) is 3. The molecule has 0 saturated heterocycles. The van der Waals surface area contributed by atoms with Gasteiger partial charge in [-0.25, -0.2) is 0 Å². The SMILES string of the molecule is CCCC[PH](CCCC)(CCCC)c1ccccc1C(=O)O. The molecule has 1 N–H and O–H groups in total. The molecule has 0 aliphatic heterocycles. The van der Waals surface area contributed by atoms with E-state index in [1.54, 1.807) is 0 Å². The molecule has 1 aromatic carbocycles. The summed E-state index contributed by atoms with van der Waals surface area (Å²) in [5.74, 6) is -0.753. The van der Waals surface area contributed by atoms with Crippen LogP contribution in [0.25, 0.3) is 0 Å². The second kappa shape index (κ2) is 10.0. The molecule has 1 rings (SSSR count).